The molecule has 0 saturated carbocycles. The molecule has 0 saturated heterocycles. The van der Waals surface area contributed by atoms with Gasteiger partial charge in [-0.05, 0) is 19.1 Å². The normalized spacial score (nSPS) is 14.2. The van der Waals surface area contributed by atoms with Gasteiger partial charge in [0.05, 0.1) is 6.67 Å². The minimum Gasteiger partial charge on any atom is -0.377 e. The third-order valence-electron chi connectivity index (χ3n) is 3.19. The molecule has 0 spiro atoms. The quantitative estimate of drug-likeness (QED) is 0.496. The van der Waals surface area contributed by atoms with Crippen molar-refractivity contribution in [2.24, 2.45) is 0 Å². The minimum absolute atomic E-state index is 0. The van der Waals surface area contributed by atoms with Crippen molar-refractivity contribution in [3.63, 3.8) is 0 Å². The molecule has 1 aromatic rings. The molecule has 8 heteroatoms. The molecule has 1 aliphatic rings. The zero-order chi connectivity index (χ0) is 15.9. The predicted octanol–water partition coefficient (Wildman–Crippen LogP) is 1.44. The largest absolute Gasteiger partial charge is 0.377 e. The number of thiocarbonyl (C=S) groups is 1. The van der Waals surface area contributed by atoms with Crippen LogP contribution in [0.2, 0.25) is 0 Å². The van der Waals surface area contributed by atoms with Crippen molar-refractivity contribution >= 4 is 40.1 Å². The summed E-state index contributed by atoms with van der Waals surface area (Å²) in [4.78, 5) is 16.8. The molecule has 0 aliphatic carbocycles. The summed E-state index contributed by atoms with van der Waals surface area (Å²) in [6, 6.07) is 9.05. The van der Waals surface area contributed by atoms with Crippen LogP contribution < -0.4 is 16.2 Å². The monoisotopic (exact) mass is 399 g/mol. The summed E-state index contributed by atoms with van der Waals surface area (Å²) < 4.78 is 0. The second-order valence-corrected chi connectivity index (χ2v) is 5.41. The molecule has 1 unspecified atom stereocenters. The van der Waals surface area contributed by atoms with Crippen molar-refractivity contribution < 1.29 is 4.79 Å². The van der Waals surface area contributed by atoms with E-state index in [2.05, 4.69) is 16.2 Å². The topological polar surface area (TPSA) is 59.6 Å². The number of carbonyl (C=O) groups excluding carboxylic acids is 1. The lowest BCUT2D eigenvalue weighted by Crippen LogP contribution is -2.58. The van der Waals surface area contributed by atoms with Gasteiger partial charge in [0.2, 0.25) is 0 Å². The Morgan fingerprint density at radius 1 is 1.30 bits per heavy atom. The van der Waals surface area contributed by atoms with Crippen LogP contribution in [0.3, 0.4) is 0 Å². The van der Waals surface area contributed by atoms with Gasteiger partial charge in [-0.25, -0.2) is 5.43 Å². The molecule has 0 radical (unpaired) electrons. The number of carbonyl (C=O) groups is 1. The molecule has 0 fully saturated rings. The maximum atomic E-state index is 12.1. The van der Waals surface area contributed by atoms with Crippen molar-refractivity contribution in [3.05, 3.63) is 48.3 Å². The number of halogens is 1. The van der Waals surface area contributed by atoms with E-state index in [1.807, 2.05) is 54.4 Å². The number of nitrogens with zero attached hydrogens (tertiary/aromatic N) is 2. The van der Waals surface area contributed by atoms with Crippen LogP contribution in [0.5, 0.6) is 0 Å². The van der Waals surface area contributed by atoms with Crippen molar-refractivity contribution in [2.45, 2.75) is 13.1 Å². The average Bonchev–Trinajstić information content (AvgIpc) is 2.95. The zero-order valence-electron chi connectivity index (χ0n) is 13.2. The first-order chi connectivity index (χ1) is 10.6. The van der Waals surface area contributed by atoms with E-state index in [4.69, 9.17) is 12.2 Å². The molecule has 23 heavy (non-hydrogen) atoms. The van der Waals surface area contributed by atoms with E-state index in [0.29, 0.717) is 17.2 Å². The van der Waals surface area contributed by atoms with Crippen LogP contribution in [0.1, 0.15) is 17.3 Å². The molecule has 6 nitrogen and oxygen atoms in total. The summed E-state index contributed by atoms with van der Waals surface area (Å²) in [5, 5.41) is 3.12. The number of rotatable bonds is 6. The van der Waals surface area contributed by atoms with Gasteiger partial charge in [0, 0.05) is 31.6 Å². The summed E-state index contributed by atoms with van der Waals surface area (Å²) in [5.41, 5.74) is 6.32. The highest BCUT2D eigenvalue weighted by Crippen LogP contribution is 2.08. The second kappa shape index (κ2) is 9.49. The second-order valence-electron chi connectivity index (χ2n) is 4.97. The highest BCUT2D eigenvalue weighted by atomic mass is 79.9. The maximum Gasteiger partial charge on any atom is 0.265 e. The Balaban J connectivity index is 0.00000264. The number of hydrogen-bond acceptors (Lipinski definition) is 5. The highest BCUT2D eigenvalue weighted by Gasteiger charge is 2.23. The molecule has 1 amide bonds. The van der Waals surface area contributed by atoms with Gasteiger partial charge in [0.25, 0.3) is 5.91 Å². The van der Waals surface area contributed by atoms with Gasteiger partial charge in [0.15, 0.2) is 0 Å². The van der Waals surface area contributed by atoms with Crippen LogP contribution >= 0.6 is 29.2 Å². The molecule has 3 N–H and O–H groups in total. The first-order valence-corrected chi connectivity index (χ1v) is 7.55. The Bertz CT molecular complexity index is 554. The van der Waals surface area contributed by atoms with Gasteiger partial charge in [-0.2, -0.15) is 0 Å². The third kappa shape index (κ3) is 5.49. The summed E-state index contributed by atoms with van der Waals surface area (Å²) in [6.07, 6.45) is 3.60. The van der Waals surface area contributed by atoms with Gasteiger partial charge in [0.1, 0.15) is 11.2 Å². The van der Waals surface area contributed by atoms with Crippen LogP contribution in [0.25, 0.3) is 0 Å². The third-order valence-corrected chi connectivity index (χ3v) is 3.56. The lowest BCUT2D eigenvalue weighted by atomic mass is 10.2. The molecule has 1 atom stereocenters. The van der Waals surface area contributed by atoms with Crippen LogP contribution in [0.15, 0.2) is 42.7 Å². The van der Waals surface area contributed by atoms with E-state index < -0.39 is 0 Å². The van der Waals surface area contributed by atoms with Crippen LogP contribution in [0, 0.1) is 0 Å². The molecular weight excluding hydrogens is 378 g/mol. The first kappa shape index (κ1) is 19.4. The average molecular weight is 400 g/mol. The zero-order valence-corrected chi connectivity index (χ0v) is 15.7. The van der Waals surface area contributed by atoms with Gasteiger partial charge in [-0.1, -0.05) is 30.4 Å². The molecule has 126 valence electrons. The number of benzene rings is 1. The maximum absolute atomic E-state index is 12.1. The van der Waals surface area contributed by atoms with Crippen molar-refractivity contribution in [1.82, 2.24) is 26.0 Å². The summed E-state index contributed by atoms with van der Waals surface area (Å²) in [7, 11) is 1.98. The van der Waals surface area contributed by atoms with E-state index in [-0.39, 0.29) is 29.1 Å². The molecule has 1 aliphatic heterocycles. The van der Waals surface area contributed by atoms with E-state index in [9.17, 15) is 4.79 Å². The van der Waals surface area contributed by atoms with E-state index in [1.165, 1.54) is 0 Å². The SMILES string of the molecule is Br.CCNC(=S)C(NNC(=O)c1ccccc1)N1C=CN(C)C1. The van der Waals surface area contributed by atoms with Crippen molar-refractivity contribution in [2.75, 3.05) is 20.3 Å². The molecule has 1 aromatic carbocycles. The van der Waals surface area contributed by atoms with Gasteiger partial charge < -0.3 is 15.1 Å². The molecule has 1 heterocycles. The first-order valence-electron chi connectivity index (χ1n) is 7.14. The standard InChI is InChI=1S/C15H21N5OS.BrH/c1-3-16-15(22)13(20-10-9-19(2)11-20)17-18-14(21)12-7-5-4-6-8-12;/h4-10,13,17H,3,11H2,1-2H3,(H,16,22)(H,18,21);1H. The van der Waals surface area contributed by atoms with Gasteiger partial charge >= 0.3 is 0 Å². The van der Waals surface area contributed by atoms with E-state index in [1.54, 1.807) is 12.1 Å². The number of nitrogens with one attached hydrogen (secondary N) is 3. The molecule has 0 aromatic heterocycles. The van der Waals surface area contributed by atoms with Crippen LogP contribution in [-0.4, -0.2) is 47.1 Å². The highest BCUT2D eigenvalue weighted by molar-refractivity contribution is 8.93. The Hall–Kier alpha value is -1.64. The van der Waals surface area contributed by atoms with Crippen molar-refractivity contribution in [3.8, 4) is 0 Å². The fourth-order valence-corrected chi connectivity index (χ4v) is 2.42. The Labute approximate surface area is 152 Å². The number of amides is 1. The predicted molar refractivity (Wildman–Crippen MR) is 101 cm³/mol. The lowest BCUT2D eigenvalue weighted by Gasteiger charge is -2.30. The van der Waals surface area contributed by atoms with Gasteiger partial charge in [-0.15, -0.1) is 17.0 Å². The summed E-state index contributed by atoms with van der Waals surface area (Å²) >= 11 is 5.40. The number of hydrogen-bond donors (Lipinski definition) is 3. The lowest BCUT2D eigenvalue weighted by molar-refractivity contribution is 0.0911. The summed E-state index contributed by atoms with van der Waals surface area (Å²) in [6.45, 7) is 3.42. The molecular formula is C15H22BrN5OS. The van der Waals surface area contributed by atoms with E-state index >= 15 is 0 Å². The van der Waals surface area contributed by atoms with Crippen LogP contribution in [-0.2, 0) is 0 Å². The Morgan fingerprint density at radius 2 is 2.00 bits per heavy atom. The van der Waals surface area contributed by atoms with E-state index in [0.717, 1.165) is 6.54 Å². The smallest absolute Gasteiger partial charge is 0.265 e. The summed E-state index contributed by atoms with van der Waals surface area (Å²) in [5.74, 6) is -0.193. The molecule has 0 bridgehead atoms. The Morgan fingerprint density at radius 3 is 2.57 bits per heavy atom. The van der Waals surface area contributed by atoms with Gasteiger partial charge in [-0.3, -0.25) is 10.2 Å². The minimum atomic E-state index is -0.302. The van der Waals surface area contributed by atoms with Crippen LogP contribution in [0.4, 0.5) is 0 Å². The fraction of sp³-hybridized carbons (Fsp3) is 0.333. The number of likely N-dealkylation sites (N-methyl/N-ethyl adjacent to an activating group) is 1. The Kier molecular flexibility index (Phi) is 8.01. The fourth-order valence-electron chi connectivity index (χ4n) is 2.08. The molecule has 2 rings (SSSR count). The number of hydrazine groups is 1. The van der Waals surface area contributed by atoms with Crippen molar-refractivity contribution in [1.29, 1.82) is 0 Å².